The van der Waals surface area contributed by atoms with E-state index in [0.717, 1.165) is 29.8 Å². The molecule has 0 saturated carbocycles. The maximum absolute atomic E-state index is 6.02. The Hall–Kier alpha value is -0.250. The second kappa shape index (κ2) is 8.78. The largest absolute Gasteiger partial charge is 0.492 e. The second-order valence-corrected chi connectivity index (χ2v) is 5.26. The van der Waals surface area contributed by atoms with Gasteiger partial charge in [0.15, 0.2) is 0 Å². The molecular formula is C13H19BrClNO. The summed E-state index contributed by atoms with van der Waals surface area (Å²) in [5.41, 5.74) is 0. The third kappa shape index (κ3) is 6.29. The summed E-state index contributed by atoms with van der Waals surface area (Å²) in [5.74, 6) is 0.760. The lowest BCUT2D eigenvalue weighted by atomic mass is 10.2. The highest BCUT2D eigenvalue weighted by atomic mass is 79.9. The van der Waals surface area contributed by atoms with E-state index in [1.807, 2.05) is 25.2 Å². The van der Waals surface area contributed by atoms with Crippen LogP contribution in [0.5, 0.6) is 5.75 Å². The lowest BCUT2D eigenvalue weighted by Gasteiger charge is -2.08. The number of hydrogen-bond donors (Lipinski definition) is 1. The van der Waals surface area contributed by atoms with E-state index in [2.05, 4.69) is 21.2 Å². The van der Waals surface area contributed by atoms with Gasteiger partial charge in [-0.25, -0.2) is 0 Å². The molecule has 0 heterocycles. The third-order valence-corrected chi connectivity index (χ3v) is 3.28. The number of halogens is 2. The minimum atomic E-state index is 0.670. The zero-order chi connectivity index (χ0) is 12.5. The first-order chi connectivity index (χ1) is 8.24. The molecule has 1 rings (SSSR count). The summed E-state index contributed by atoms with van der Waals surface area (Å²) in [6, 6.07) is 5.66. The Bertz CT molecular complexity index is 333. The van der Waals surface area contributed by atoms with E-state index in [4.69, 9.17) is 16.3 Å². The highest BCUT2D eigenvalue weighted by molar-refractivity contribution is 9.10. The molecule has 1 aromatic carbocycles. The van der Waals surface area contributed by atoms with E-state index in [-0.39, 0.29) is 0 Å². The number of ether oxygens (including phenoxy) is 1. The maximum Gasteiger partial charge on any atom is 0.139 e. The normalized spacial score (nSPS) is 10.5. The van der Waals surface area contributed by atoms with Gasteiger partial charge in [-0.05, 0) is 44.6 Å². The molecule has 0 saturated heterocycles. The SMILES string of the molecule is CNCCCCCCOc1cc(Br)ccc1Cl. The van der Waals surface area contributed by atoms with Crippen LogP contribution in [-0.4, -0.2) is 20.2 Å². The summed E-state index contributed by atoms with van der Waals surface area (Å²) in [6.45, 7) is 1.83. The maximum atomic E-state index is 6.02. The highest BCUT2D eigenvalue weighted by Crippen LogP contribution is 2.28. The quantitative estimate of drug-likeness (QED) is 0.723. The van der Waals surface area contributed by atoms with Crippen LogP contribution in [0.3, 0.4) is 0 Å². The van der Waals surface area contributed by atoms with E-state index >= 15 is 0 Å². The van der Waals surface area contributed by atoms with Gasteiger partial charge in [0.1, 0.15) is 5.75 Å². The number of unbranched alkanes of at least 4 members (excludes halogenated alkanes) is 3. The summed E-state index contributed by atoms with van der Waals surface area (Å²) < 4.78 is 6.64. The van der Waals surface area contributed by atoms with Gasteiger partial charge in [0.25, 0.3) is 0 Å². The summed E-state index contributed by atoms with van der Waals surface area (Å²) in [7, 11) is 1.98. The summed E-state index contributed by atoms with van der Waals surface area (Å²) in [6.07, 6.45) is 4.75. The lowest BCUT2D eigenvalue weighted by Crippen LogP contribution is -2.07. The Labute approximate surface area is 117 Å². The van der Waals surface area contributed by atoms with Gasteiger partial charge in [-0.3, -0.25) is 0 Å². The van der Waals surface area contributed by atoms with E-state index in [0.29, 0.717) is 5.02 Å². The molecular weight excluding hydrogens is 302 g/mol. The molecule has 0 unspecified atom stereocenters. The van der Waals surface area contributed by atoms with Gasteiger partial charge >= 0.3 is 0 Å². The Balaban J connectivity index is 2.15. The standard InChI is InChI=1S/C13H19BrClNO/c1-16-8-4-2-3-5-9-17-13-10-11(14)6-7-12(13)15/h6-7,10,16H,2-5,8-9H2,1H3. The molecule has 96 valence electrons. The van der Waals surface area contributed by atoms with Gasteiger partial charge in [-0.15, -0.1) is 0 Å². The summed E-state index contributed by atoms with van der Waals surface area (Å²) >= 11 is 9.43. The van der Waals surface area contributed by atoms with Gasteiger partial charge in [-0.2, -0.15) is 0 Å². The minimum absolute atomic E-state index is 0.670. The van der Waals surface area contributed by atoms with E-state index < -0.39 is 0 Å². The number of benzene rings is 1. The molecule has 0 aliphatic rings. The molecule has 2 nitrogen and oxygen atoms in total. The fraction of sp³-hybridized carbons (Fsp3) is 0.538. The van der Waals surface area contributed by atoms with Crippen LogP contribution >= 0.6 is 27.5 Å². The monoisotopic (exact) mass is 319 g/mol. The Morgan fingerprint density at radius 2 is 2.00 bits per heavy atom. The van der Waals surface area contributed by atoms with Crippen LogP contribution in [-0.2, 0) is 0 Å². The van der Waals surface area contributed by atoms with Crippen LogP contribution in [0.25, 0.3) is 0 Å². The molecule has 0 aliphatic heterocycles. The predicted molar refractivity (Wildman–Crippen MR) is 77.0 cm³/mol. The van der Waals surface area contributed by atoms with Crippen molar-refractivity contribution in [1.29, 1.82) is 0 Å². The average Bonchev–Trinajstić information content (AvgIpc) is 2.32. The predicted octanol–water partition coefficient (Wildman–Crippen LogP) is 4.26. The molecule has 4 heteroatoms. The number of nitrogens with one attached hydrogen (secondary N) is 1. The van der Waals surface area contributed by atoms with Crippen molar-refractivity contribution in [3.05, 3.63) is 27.7 Å². The Morgan fingerprint density at radius 3 is 2.76 bits per heavy atom. The molecule has 0 radical (unpaired) electrons. The van der Waals surface area contributed by atoms with Crippen molar-refractivity contribution in [3.8, 4) is 5.75 Å². The van der Waals surface area contributed by atoms with E-state index in [1.165, 1.54) is 19.3 Å². The van der Waals surface area contributed by atoms with Crippen molar-refractivity contribution in [1.82, 2.24) is 5.32 Å². The van der Waals surface area contributed by atoms with Crippen LogP contribution in [0.15, 0.2) is 22.7 Å². The molecule has 0 spiro atoms. The first-order valence-electron chi connectivity index (χ1n) is 5.96. The first kappa shape index (κ1) is 14.8. The third-order valence-electron chi connectivity index (χ3n) is 2.47. The average molecular weight is 321 g/mol. The van der Waals surface area contributed by atoms with Crippen molar-refractivity contribution >= 4 is 27.5 Å². The lowest BCUT2D eigenvalue weighted by molar-refractivity contribution is 0.304. The van der Waals surface area contributed by atoms with Gasteiger partial charge in [0.2, 0.25) is 0 Å². The molecule has 17 heavy (non-hydrogen) atoms. The molecule has 0 fully saturated rings. The van der Waals surface area contributed by atoms with Gasteiger partial charge in [0, 0.05) is 4.47 Å². The van der Waals surface area contributed by atoms with E-state index in [9.17, 15) is 0 Å². The van der Waals surface area contributed by atoms with Crippen LogP contribution in [0, 0.1) is 0 Å². The fourth-order valence-electron chi connectivity index (χ4n) is 1.53. The second-order valence-electron chi connectivity index (χ2n) is 3.94. The van der Waals surface area contributed by atoms with Crippen molar-refractivity contribution in [2.45, 2.75) is 25.7 Å². The van der Waals surface area contributed by atoms with Crippen molar-refractivity contribution in [3.63, 3.8) is 0 Å². The Kier molecular flexibility index (Phi) is 7.65. The van der Waals surface area contributed by atoms with Crippen LogP contribution < -0.4 is 10.1 Å². The molecule has 0 bridgehead atoms. The summed E-state index contributed by atoms with van der Waals surface area (Å²) in [4.78, 5) is 0. The van der Waals surface area contributed by atoms with E-state index in [1.54, 1.807) is 0 Å². The van der Waals surface area contributed by atoms with Crippen LogP contribution in [0.1, 0.15) is 25.7 Å². The molecule has 0 atom stereocenters. The zero-order valence-electron chi connectivity index (χ0n) is 10.1. The van der Waals surface area contributed by atoms with Crippen molar-refractivity contribution in [2.75, 3.05) is 20.2 Å². The molecule has 0 aromatic heterocycles. The fourth-order valence-corrected chi connectivity index (χ4v) is 2.04. The molecule has 1 aromatic rings. The Morgan fingerprint density at radius 1 is 1.24 bits per heavy atom. The van der Waals surface area contributed by atoms with Gasteiger partial charge < -0.3 is 10.1 Å². The van der Waals surface area contributed by atoms with Crippen LogP contribution in [0.4, 0.5) is 0 Å². The smallest absolute Gasteiger partial charge is 0.139 e. The minimum Gasteiger partial charge on any atom is -0.492 e. The van der Waals surface area contributed by atoms with Crippen molar-refractivity contribution in [2.24, 2.45) is 0 Å². The van der Waals surface area contributed by atoms with Gasteiger partial charge in [0.05, 0.1) is 11.6 Å². The molecule has 0 amide bonds. The van der Waals surface area contributed by atoms with Crippen LogP contribution in [0.2, 0.25) is 5.02 Å². The molecule has 1 N–H and O–H groups in total. The number of rotatable bonds is 8. The van der Waals surface area contributed by atoms with Gasteiger partial charge in [-0.1, -0.05) is 40.4 Å². The first-order valence-corrected chi connectivity index (χ1v) is 7.13. The highest BCUT2D eigenvalue weighted by Gasteiger charge is 2.01. The molecule has 0 aliphatic carbocycles. The zero-order valence-corrected chi connectivity index (χ0v) is 12.5. The number of hydrogen-bond acceptors (Lipinski definition) is 2. The summed E-state index contributed by atoms with van der Waals surface area (Å²) in [5, 5.41) is 3.81. The van der Waals surface area contributed by atoms with Crippen molar-refractivity contribution < 1.29 is 4.74 Å². The topological polar surface area (TPSA) is 21.3 Å².